The number of Topliss-reactive ketones (excluding diaryl/α,β-unsaturated/α-hetero) is 2. The average Bonchev–Trinajstić information content (AvgIpc) is 2.77. The molecule has 1 aliphatic carbocycles. The fourth-order valence-corrected chi connectivity index (χ4v) is 6.78. The molecule has 0 fully saturated rings. The molecular formula is C25H23NO4S2. The van der Waals surface area contributed by atoms with Crippen LogP contribution in [0.4, 0.5) is 5.69 Å². The lowest BCUT2D eigenvalue weighted by atomic mass is 9.71. The van der Waals surface area contributed by atoms with Crippen LogP contribution in [0.5, 0.6) is 0 Å². The number of benzene rings is 2. The highest BCUT2D eigenvalue weighted by atomic mass is 32.2. The van der Waals surface area contributed by atoms with E-state index < -0.39 is 10.8 Å². The second-order valence-electron chi connectivity index (χ2n) is 8.76. The number of hydrogen-bond donors (Lipinski definition) is 0. The Bertz CT molecular complexity index is 1160. The van der Waals surface area contributed by atoms with E-state index in [-0.39, 0.29) is 22.7 Å². The van der Waals surface area contributed by atoms with Crippen molar-refractivity contribution in [3.63, 3.8) is 0 Å². The van der Waals surface area contributed by atoms with Crippen LogP contribution in [-0.4, -0.2) is 22.7 Å². The molecule has 0 radical (unpaired) electrons. The Morgan fingerprint density at radius 3 is 2.34 bits per heavy atom. The summed E-state index contributed by atoms with van der Waals surface area (Å²) in [6.07, 6.45) is 3.12. The molecule has 1 aliphatic heterocycles. The van der Waals surface area contributed by atoms with Gasteiger partial charge >= 0.3 is 0 Å². The van der Waals surface area contributed by atoms with Crippen LogP contribution in [0, 0.1) is 15.5 Å². The first kappa shape index (κ1) is 22.6. The van der Waals surface area contributed by atoms with E-state index >= 15 is 0 Å². The Balaban J connectivity index is 1.92. The summed E-state index contributed by atoms with van der Waals surface area (Å²) in [5.74, 6) is -0.605. The van der Waals surface area contributed by atoms with Crippen LogP contribution < -0.4 is 0 Å². The third kappa shape index (κ3) is 4.19. The van der Waals surface area contributed by atoms with Crippen molar-refractivity contribution in [3.8, 4) is 0 Å². The van der Waals surface area contributed by atoms with E-state index in [9.17, 15) is 19.7 Å². The Morgan fingerprint density at radius 1 is 1.09 bits per heavy atom. The van der Waals surface area contributed by atoms with Gasteiger partial charge in [0.15, 0.2) is 11.6 Å². The highest BCUT2D eigenvalue weighted by molar-refractivity contribution is 8.23. The second kappa shape index (κ2) is 8.71. The smallest absolute Gasteiger partial charge is 0.269 e. The first-order chi connectivity index (χ1) is 15.2. The quantitative estimate of drug-likeness (QED) is 0.284. The molecule has 2 aromatic rings. The van der Waals surface area contributed by atoms with Crippen LogP contribution in [-0.2, 0) is 4.79 Å². The van der Waals surface area contributed by atoms with Crippen LogP contribution in [0.1, 0.15) is 48.5 Å². The van der Waals surface area contributed by atoms with Crippen LogP contribution in [0.3, 0.4) is 0 Å². The van der Waals surface area contributed by atoms with Crippen molar-refractivity contribution >= 4 is 40.8 Å². The number of ketones is 2. The first-order valence-electron chi connectivity index (χ1n) is 10.3. The van der Waals surface area contributed by atoms with Gasteiger partial charge in [-0.05, 0) is 28.6 Å². The molecule has 0 saturated carbocycles. The molecule has 0 spiro atoms. The number of nitro groups is 1. The predicted molar refractivity (Wildman–Crippen MR) is 130 cm³/mol. The van der Waals surface area contributed by atoms with E-state index in [1.165, 1.54) is 35.7 Å². The molecule has 5 nitrogen and oxygen atoms in total. The molecule has 4 rings (SSSR count). The molecule has 0 amide bonds. The lowest BCUT2D eigenvalue weighted by molar-refractivity contribution is -0.384. The molecule has 1 heterocycles. The number of allylic oxidation sites excluding steroid dienone is 3. The molecule has 164 valence electrons. The van der Waals surface area contributed by atoms with E-state index in [0.717, 1.165) is 21.1 Å². The van der Waals surface area contributed by atoms with Crippen molar-refractivity contribution < 1.29 is 14.5 Å². The Hall–Kier alpha value is -2.64. The van der Waals surface area contributed by atoms with E-state index in [1.807, 2.05) is 24.5 Å². The zero-order chi connectivity index (χ0) is 23.0. The largest absolute Gasteiger partial charge is 0.294 e. The van der Waals surface area contributed by atoms with Gasteiger partial charge in [0.1, 0.15) is 0 Å². The van der Waals surface area contributed by atoms with Crippen molar-refractivity contribution in [1.82, 2.24) is 0 Å². The number of rotatable bonds is 5. The van der Waals surface area contributed by atoms with Gasteiger partial charge in [-0.3, -0.25) is 19.7 Å². The summed E-state index contributed by atoms with van der Waals surface area (Å²) in [6.45, 7) is 4.17. The molecule has 0 N–H and O–H groups in total. The van der Waals surface area contributed by atoms with Gasteiger partial charge in [0.05, 0.1) is 9.16 Å². The maximum absolute atomic E-state index is 13.7. The molecule has 1 atom stereocenters. The lowest BCUT2D eigenvalue weighted by Gasteiger charge is -2.38. The highest BCUT2D eigenvalue weighted by Crippen LogP contribution is 2.56. The first-order valence-corrected chi connectivity index (χ1v) is 12.3. The molecule has 2 aliphatic rings. The second-order valence-corrected chi connectivity index (χ2v) is 10.9. The van der Waals surface area contributed by atoms with Crippen LogP contribution in [0.2, 0.25) is 0 Å². The average molecular weight is 466 g/mol. The topological polar surface area (TPSA) is 77.3 Å². The third-order valence-electron chi connectivity index (χ3n) is 5.80. The van der Waals surface area contributed by atoms with Gasteiger partial charge in [-0.15, -0.1) is 11.8 Å². The van der Waals surface area contributed by atoms with Gasteiger partial charge in [0.2, 0.25) is 0 Å². The maximum Gasteiger partial charge on any atom is 0.269 e. The Labute approximate surface area is 195 Å². The maximum atomic E-state index is 13.7. The van der Waals surface area contributed by atoms with Crippen molar-refractivity contribution in [3.05, 3.63) is 96.1 Å². The minimum absolute atomic E-state index is 0.0192. The number of hydrogen-bond acceptors (Lipinski definition) is 6. The van der Waals surface area contributed by atoms with Crippen LogP contribution >= 0.6 is 23.5 Å². The number of non-ortho nitro benzene ring substituents is 1. The standard InChI is InChI=1S/C25H23NO4S2/c1-25(2)13-18(27)21-19(14-25)32-24(31-3)22(23(28)16-7-5-4-6-8-16)20(21)15-9-11-17(12-10-15)26(29)30/h4-12,20H,13-14H2,1-3H3. The summed E-state index contributed by atoms with van der Waals surface area (Å²) in [5.41, 5.74) is 2.37. The summed E-state index contributed by atoms with van der Waals surface area (Å²) in [7, 11) is 0. The zero-order valence-corrected chi connectivity index (χ0v) is 19.7. The fourth-order valence-electron chi connectivity index (χ4n) is 4.36. The van der Waals surface area contributed by atoms with E-state index in [1.54, 1.807) is 24.3 Å². The molecule has 32 heavy (non-hydrogen) atoms. The van der Waals surface area contributed by atoms with Gasteiger partial charge in [-0.1, -0.05) is 68.1 Å². The van der Waals surface area contributed by atoms with Crippen molar-refractivity contribution in [2.24, 2.45) is 5.41 Å². The van der Waals surface area contributed by atoms with Crippen molar-refractivity contribution in [2.75, 3.05) is 6.26 Å². The fraction of sp³-hybridized carbons (Fsp3) is 0.280. The number of carbonyl (C=O) groups excluding carboxylic acids is 2. The predicted octanol–water partition coefficient (Wildman–Crippen LogP) is 6.53. The highest BCUT2D eigenvalue weighted by Gasteiger charge is 2.43. The number of carbonyl (C=O) groups is 2. The molecular weight excluding hydrogens is 442 g/mol. The number of nitro benzene ring substituents is 1. The van der Waals surface area contributed by atoms with E-state index in [2.05, 4.69) is 13.8 Å². The minimum Gasteiger partial charge on any atom is -0.294 e. The van der Waals surface area contributed by atoms with Gasteiger partial charge in [-0.25, -0.2) is 0 Å². The number of thioether (sulfide) groups is 2. The SMILES string of the molecule is CSC1=C(C(=O)c2ccccc2)C(c2ccc([N+](=O)[O-])cc2)C2=C(CC(C)(C)CC2=O)S1. The third-order valence-corrected chi connectivity index (χ3v) is 8.15. The Morgan fingerprint density at radius 2 is 1.75 bits per heavy atom. The summed E-state index contributed by atoms with van der Waals surface area (Å²) in [4.78, 5) is 38.8. The van der Waals surface area contributed by atoms with Crippen LogP contribution in [0.25, 0.3) is 0 Å². The lowest BCUT2D eigenvalue weighted by Crippen LogP contribution is -2.31. The zero-order valence-electron chi connectivity index (χ0n) is 18.1. The molecule has 2 aromatic carbocycles. The summed E-state index contributed by atoms with van der Waals surface area (Å²) >= 11 is 3.04. The summed E-state index contributed by atoms with van der Waals surface area (Å²) in [6, 6.07) is 15.3. The van der Waals surface area contributed by atoms with Gasteiger partial charge in [0.25, 0.3) is 5.69 Å². The number of nitrogens with zero attached hydrogens (tertiary/aromatic N) is 1. The van der Waals surface area contributed by atoms with E-state index in [4.69, 9.17) is 0 Å². The molecule has 0 bridgehead atoms. The van der Waals surface area contributed by atoms with Gasteiger partial charge < -0.3 is 0 Å². The summed E-state index contributed by atoms with van der Waals surface area (Å²) < 4.78 is 0.881. The van der Waals surface area contributed by atoms with Crippen LogP contribution in [0.15, 0.2) is 74.9 Å². The monoisotopic (exact) mass is 465 g/mol. The molecule has 0 saturated heterocycles. The summed E-state index contributed by atoms with van der Waals surface area (Å²) in [5, 5.41) is 11.2. The van der Waals surface area contributed by atoms with Gasteiger partial charge in [0, 0.05) is 41.2 Å². The molecule has 1 unspecified atom stereocenters. The minimum atomic E-state index is -0.536. The van der Waals surface area contributed by atoms with E-state index in [0.29, 0.717) is 23.1 Å². The molecule has 7 heteroatoms. The van der Waals surface area contributed by atoms with Crippen molar-refractivity contribution in [2.45, 2.75) is 32.6 Å². The normalized spacial score (nSPS) is 20.2. The van der Waals surface area contributed by atoms with Crippen molar-refractivity contribution in [1.29, 1.82) is 0 Å². The Kier molecular flexibility index (Phi) is 6.14. The van der Waals surface area contributed by atoms with Gasteiger partial charge in [-0.2, -0.15) is 0 Å². The molecule has 0 aromatic heterocycles.